The fraction of sp³-hybridized carbons (Fsp3) is 1.00. The maximum atomic E-state index is 2.34. The first-order valence-corrected chi connectivity index (χ1v) is 15.2. The molecule has 0 nitrogen and oxygen atoms in total. The SMILES string of the molecule is CCCCCCCCCCCC(CCCCCCCC)C12CCCC(CCC1)P2. The molecule has 2 heterocycles. The summed E-state index contributed by atoms with van der Waals surface area (Å²) in [6.07, 6.45) is 34.8. The van der Waals surface area contributed by atoms with Crippen LogP contribution in [0.2, 0.25) is 0 Å². The van der Waals surface area contributed by atoms with Crippen molar-refractivity contribution in [3.8, 4) is 0 Å². The number of unbranched alkanes of at least 4 members (excludes halogenated alkanes) is 13. The summed E-state index contributed by atoms with van der Waals surface area (Å²) in [6, 6.07) is 0. The fourth-order valence-corrected chi connectivity index (χ4v) is 9.06. The lowest BCUT2D eigenvalue weighted by Crippen LogP contribution is -2.41. The highest BCUT2D eigenvalue weighted by Crippen LogP contribution is 2.59. The number of hydrogen-bond acceptors (Lipinski definition) is 0. The second-order valence-corrected chi connectivity index (χ2v) is 12.8. The van der Waals surface area contributed by atoms with E-state index in [2.05, 4.69) is 13.8 Å². The third-order valence-electron chi connectivity index (χ3n) is 8.19. The summed E-state index contributed by atoms with van der Waals surface area (Å²) in [5, 5.41) is 0.810. The van der Waals surface area contributed by atoms with Gasteiger partial charge in [0.1, 0.15) is 0 Å². The summed E-state index contributed by atoms with van der Waals surface area (Å²) in [7, 11) is 1.33. The van der Waals surface area contributed by atoms with Crippen LogP contribution in [0.25, 0.3) is 0 Å². The van der Waals surface area contributed by atoms with Crippen LogP contribution >= 0.6 is 8.58 Å². The minimum absolute atomic E-state index is 0.810. The highest BCUT2D eigenvalue weighted by atomic mass is 31.1. The van der Waals surface area contributed by atoms with Gasteiger partial charge in [-0.15, -0.1) is 8.58 Å². The second kappa shape index (κ2) is 16.1. The van der Waals surface area contributed by atoms with Crippen molar-refractivity contribution < 1.29 is 0 Å². The summed E-state index contributed by atoms with van der Waals surface area (Å²) in [5.74, 6) is 1.08. The quantitative estimate of drug-likeness (QED) is 0.152. The summed E-state index contributed by atoms with van der Waals surface area (Å²) in [5.41, 5.74) is 1.13. The van der Waals surface area contributed by atoms with E-state index in [9.17, 15) is 0 Å². The van der Waals surface area contributed by atoms with Gasteiger partial charge in [-0.3, -0.25) is 0 Å². The molecule has 29 heavy (non-hydrogen) atoms. The van der Waals surface area contributed by atoms with E-state index in [-0.39, 0.29) is 0 Å². The van der Waals surface area contributed by atoms with Crippen LogP contribution < -0.4 is 0 Å². The first-order valence-electron chi connectivity index (χ1n) is 14.1. The minimum Gasteiger partial charge on any atom is -0.112 e. The van der Waals surface area contributed by atoms with Gasteiger partial charge in [0.25, 0.3) is 0 Å². The van der Waals surface area contributed by atoms with Crippen LogP contribution in [0.15, 0.2) is 0 Å². The molecular weight excluding hydrogens is 367 g/mol. The van der Waals surface area contributed by atoms with E-state index in [4.69, 9.17) is 0 Å². The van der Waals surface area contributed by atoms with Crippen LogP contribution in [0.3, 0.4) is 0 Å². The van der Waals surface area contributed by atoms with Gasteiger partial charge >= 0.3 is 0 Å². The molecule has 2 fully saturated rings. The van der Waals surface area contributed by atoms with E-state index < -0.39 is 0 Å². The Labute approximate surface area is 186 Å². The Morgan fingerprint density at radius 2 is 1.03 bits per heavy atom. The molecule has 2 rings (SSSR count). The predicted molar refractivity (Wildman–Crippen MR) is 136 cm³/mol. The van der Waals surface area contributed by atoms with Gasteiger partial charge in [-0.05, 0) is 55.3 Å². The number of hydrogen-bond donors (Lipinski definition) is 0. The van der Waals surface area contributed by atoms with Gasteiger partial charge in [-0.1, -0.05) is 123 Å². The van der Waals surface area contributed by atoms with Gasteiger partial charge in [0, 0.05) is 0 Å². The Morgan fingerprint density at radius 3 is 1.48 bits per heavy atom. The maximum absolute atomic E-state index is 2.34. The van der Waals surface area contributed by atoms with Crippen molar-refractivity contribution in [3.63, 3.8) is 0 Å². The molecule has 0 amide bonds. The predicted octanol–water partition coefficient (Wildman–Crippen LogP) is 10.4. The van der Waals surface area contributed by atoms with Crippen molar-refractivity contribution in [1.82, 2.24) is 0 Å². The average Bonchev–Trinajstić information content (AvgIpc) is 2.73. The van der Waals surface area contributed by atoms with Gasteiger partial charge < -0.3 is 0 Å². The van der Waals surface area contributed by atoms with E-state index in [1.54, 1.807) is 51.4 Å². The Kier molecular flexibility index (Phi) is 14.3. The molecule has 1 heteroatoms. The van der Waals surface area contributed by atoms with E-state index in [1.165, 1.54) is 105 Å². The van der Waals surface area contributed by atoms with Crippen molar-refractivity contribution in [2.24, 2.45) is 5.92 Å². The summed E-state index contributed by atoms with van der Waals surface area (Å²) in [6.45, 7) is 4.66. The molecule has 0 N–H and O–H groups in total. The molecule has 0 spiro atoms. The van der Waals surface area contributed by atoms with Crippen LogP contribution in [0, 0.1) is 5.92 Å². The first kappa shape index (κ1) is 25.7. The topological polar surface area (TPSA) is 0 Å². The lowest BCUT2D eigenvalue weighted by molar-refractivity contribution is 0.242. The van der Waals surface area contributed by atoms with Gasteiger partial charge in [-0.2, -0.15) is 0 Å². The van der Waals surface area contributed by atoms with Crippen LogP contribution in [0.4, 0.5) is 0 Å². The largest absolute Gasteiger partial charge is 0.112 e. The Hall–Kier alpha value is 0.430. The van der Waals surface area contributed by atoms with Gasteiger partial charge in [-0.25, -0.2) is 0 Å². The van der Waals surface area contributed by atoms with Crippen molar-refractivity contribution in [2.45, 2.75) is 172 Å². The maximum Gasteiger partial charge on any atom is -0.00912 e. The zero-order valence-electron chi connectivity index (χ0n) is 20.4. The molecular formula is C28H55P. The molecule has 0 aromatic heterocycles. The molecule has 172 valence electrons. The lowest BCUT2D eigenvalue weighted by atomic mass is 9.75. The molecule has 0 aliphatic carbocycles. The molecule has 2 aliphatic rings. The molecule has 0 aromatic carbocycles. The van der Waals surface area contributed by atoms with Crippen LogP contribution in [-0.2, 0) is 0 Å². The molecule has 2 bridgehead atoms. The standard InChI is InChI=1S/C28H55P/c1-3-5-7-9-11-12-13-15-17-21-26(20-16-14-10-8-6-4-2)28-24-18-22-27(29-28)23-19-25-28/h26-27,29H,3-25H2,1-2H3. The Bertz CT molecular complexity index is 367. The molecule has 2 aliphatic heterocycles. The van der Waals surface area contributed by atoms with Crippen LogP contribution in [-0.4, -0.2) is 10.8 Å². The third-order valence-corrected chi connectivity index (χ3v) is 10.7. The second-order valence-electron chi connectivity index (χ2n) is 10.7. The summed E-state index contributed by atoms with van der Waals surface area (Å²) < 4.78 is 0. The Morgan fingerprint density at radius 1 is 0.621 bits per heavy atom. The molecule has 2 unspecified atom stereocenters. The highest BCUT2D eigenvalue weighted by molar-refractivity contribution is 7.41. The molecule has 2 saturated heterocycles. The van der Waals surface area contributed by atoms with Crippen LogP contribution in [0.1, 0.15) is 162 Å². The molecule has 0 saturated carbocycles. The average molecular weight is 423 g/mol. The van der Waals surface area contributed by atoms with Crippen molar-refractivity contribution >= 4 is 8.58 Å². The minimum atomic E-state index is 0.810. The van der Waals surface area contributed by atoms with E-state index in [1.807, 2.05) is 0 Å². The van der Waals surface area contributed by atoms with E-state index in [0.29, 0.717) is 0 Å². The van der Waals surface area contributed by atoms with Gasteiger partial charge in [0.2, 0.25) is 0 Å². The molecule has 0 aromatic rings. The molecule has 2 atom stereocenters. The lowest BCUT2D eigenvalue weighted by Gasteiger charge is -2.50. The third kappa shape index (κ3) is 10.1. The highest BCUT2D eigenvalue weighted by Gasteiger charge is 2.43. The van der Waals surface area contributed by atoms with E-state index >= 15 is 0 Å². The zero-order chi connectivity index (χ0) is 20.6. The van der Waals surface area contributed by atoms with Crippen molar-refractivity contribution in [3.05, 3.63) is 0 Å². The summed E-state index contributed by atoms with van der Waals surface area (Å²) >= 11 is 0. The monoisotopic (exact) mass is 422 g/mol. The van der Waals surface area contributed by atoms with Gasteiger partial charge in [0.05, 0.1) is 0 Å². The van der Waals surface area contributed by atoms with Crippen molar-refractivity contribution in [1.29, 1.82) is 0 Å². The van der Waals surface area contributed by atoms with Crippen molar-refractivity contribution in [2.75, 3.05) is 0 Å². The molecule has 0 radical (unpaired) electrons. The van der Waals surface area contributed by atoms with Gasteiger partial charge in [0.15, 0.2) is 0 Å². The smallest absolute Gasteiger partial charge is 0.00912 e. The first-order chi connectivity index (χ1) is 14.3. The zero-order valence-corrected chi connectivity index (χ0v) is 21.4. The van der Waals surface area contributed by atoms with Crippen LogP contribution in [0.5, 0.6) is 0 Å². The fourth-order valence-electron chi connectivity index (χ4n) is 6.39. The number of fused-ring (bicyclic) bond motifs is 2. The van der Waals surface area contributed by atoms with E-state index in [0.717, 1.165) is 16.7 Å². The normalized spacial score (nSPS) is 26.1. The Balaban J connectivity index is 1.69. The number of rotatable bonds is 18. The summed E-state index contributed by atoms with van der Waals surface area (Å²) in [4.78, 5) is 0.